The van der Waals surface area contributed by atoms with Crippen LogP contribution in [0.2, 0.25) is 0 Å². The van der Waals surface area contributed by atoms with Gasteiger partial charge < -0.3 is 9.84 Å². The lowest BCUT2D eigenvalue weighted by Gasteiger charge is -2.20. The Morgan fingerprint density at radius 1 is 1.60 bits per heavy atom. The van der Waals surface area contributed by atoms with E-state index in [0.29, 0.717) is 12.5 Å². The number of rotatable bonds is 2. The molecule has 0 aromatic rings. The quantitative estimate of drug-likeness (QED) is 0.762. The number of nitrogens with zero attached hydrogens (tertiary/aromatic N) is 1. The van der Waals surface area contributed by atoms with Gasteiger partial charge in [-0.05, 0) is 13.8 Å². The second-order valence-electron chi connectivity index (χ2n) is 5.31. The second kappa shape index (κ2) is 3.51. The molecule has 4 nitrogen and oxygen atoms in total. The maximum atomic E-state index is 10.9. The summed E-state index contributed by atoms with van der Waals surface area (Å²) in [5.74, 6) is -0.209. The number of ether oxygens (including phenoxy) is 1. The molecule has 1 fully saturated rings. The van der Waals surface area contributed by atoms with Gasteiger partial charge in [0.05, 0.1) is 6.61 Å². The molecule has 0 bridgehead atoms. The molecule has 0 saturated carbocycles. The fourth-order valence-electron chi connectivity index (χ4n) is 1.30. The van der Waals surface area contributed by atoms with Crippen molar-refractivity contribution >= 4 is 11.9 Å². The molecule has 1 rings (SSSR count). The van der Waals surface area contributed by atoms with E-state index in [9.17, 15) is 4.79 Å². The van der Waals surface area contributed by atoms with Gasteiger partial charge in [0.1, 0.15) is 0 Å². The van der Waals surface area contributed by atoms with Crippen LogP contribution in [0.25, 0.3) is 0 Å². The van der Waals surface area contributed by atoms with Crippen LogP contribution in [0.4, 0.5) is 0 Å². The zero-order valence-corrected chi connectivity index (χ0v) is 10.00. The van der Waals surface area contributed by atoms with Crippen LogP contribution in [0.3, 0.4) is 0 Å². The van der Waals surface area contributed by atoms with Gasteiger partial charge in [-0.15, -0.1) is 0 Å². The Balaban J connectivity index is 2.92. The fraction of sp³-hybridized carbons (Fsp3) is 0.818. The lowest BCUT2D eigenvalue weighted by atomic mass is 9.83. The van der Waals surface area contributed by atoms with Crippen LogP contribution < -0.4 is 0 Å². The molecule has 0 amide bonds. The molecule has 1 atom stereocenters. The Morgan fingerprint density at radius 2 is 2.13 bits per heavy atom. The predicted molar refractivity (Wildman–Crippen MR) is 58.0 cm³/mol. The van der Waals surface area contributed by atoms with Gasteiger partial charge in [0.2, 0.25) is 0 Å². The Kier molecular flexibility index (Phi) is 2.81. The van der Waals surface area contributed by atoms with E-state index in [1.165, 1.54) is 0 Å². The molecule has 4 heteroatoms. The topological polar surface area (TPSA) is 58.9 Å². The van der Waals surface area contributed by atoms with E-state index in [2.05, 4.69) is 18.8 Å². The standard InChI is InChI=1S/C11H19NO3/c1-7-8(15-6-10(7,2)3)12-11(4,5)9(13)14/h7H,6H2,1-5H3,(H,13,14). The van der Waals surface area contributed by atoms with E-state index >= 15 is 0 Å². The number of hydrogen-bond acceptors (Lipinski definition) is 3. The molecular formula is C11H19NO3. The van der Waals surface area contributed by atoms with Gasteiger partial charge in [-0.25, -0.2) is 9.79 Å². The van der Waals surface area contributed by atoms with Gasteiger partial charge in [-0.3, -0.25) is 0 Å². The third-order valence-electron chi connectivity index (χ3n) is 3.05. The molecule has 86 valence electrons. The van der Waals surface area contributed by atoms with Gasteiger partial charge in [0, 0.05) is 11.3 Å². The lowest BCUT2D eigenvalue weighted by molar-refractivity contribution is -0.141. The summed E-state index contributed by atoms with van der Waals surface area (Å²) < 4.78 is 5.45. The molecular weight excluding hydrogens is 194 g/mol. The fourth-order valence-corrected chi connectivity index (χ4v) is 1.30. The maximum absolute atomic E-state index is 10.9. The monoisotopic (exact) mass is 213 g/mol. The van der Waals surface area contributed by atoms with E-state index < -0.39 is 11.5 Å². The van der Waals surface area contributed by atoms with Crippen molar-refractivity contribution in [3.63, 3.8) is 0 Å². The SMILES string of the molecule is CC1C(=NC(C)(C)C(=O)O)OCC1(C)C. The number of aliphatic carboxylic acids is 1. The molecule has 15 heavy (non-hydrogen) atoms. The molecule has 1 saturated heterocycles. The van der Waals surface area contributed by atoms with Crippen molar-refractivity contribution in [2.45, 2.75) is 40.2 Å². The van der Waals surface area contributed by atoms with Gasteiger partial charge >= 0.3 is 5.97 Å². The van der Waals surface area contributed by atoms with Crippen LogP contribution in [0.15, 0.2) is 4.99 Å². The zero-order chi connectivity index (χ0) is 11.9. The third kappa shape index (κ3) is 2.30. The van der Waals surface area contributed by atoms with Crippen molar-refractivity contribution in [2.24, 2.45) is 16.3 Å². The average molecular weight is 213 g/mol. The molecule has 1 aliphatic rings. The van der Waals surface area contributed by atoms with Crippen LogP contribution >= 0.6 is 0 Å². The smallest absolute Gasteiger partial charge is 0.331 e. The number of carboxylic acid groups (broad SMARTS) is 1. The van der Waals surface area contributed by atoms with Crippen LogP contribution in [0.5, 0.6) is 0 Å². The zero-order valence-electron chi connectivity index (χ0n) is 10.00. The maximum Gasteiger partial charge on any atom is 0.331 e. The highest BCUT2D eigenvalue weighted by atomic mass is 16.5. The average Bonchev–Trinajstić information content (AvgIpc) is 2.31. The van der Waals surface area contributed by atoms with Gasteiger partial charge in [-0.1, -0.05) is 20.8 Å². The molecule has 0 radical (unpaired) electrons. The van der Waals surface area contributed by atoms with Crippen LogP contribution in [0, 0.1) is 11.3 Å². The number of carboxylic acids is 1. The van der Waals surface area contributed by atoms with Crippen molar-refractivity contribution in [1.29, 1.82) is 0 Å². The lowest BCUT2D eigenvalue weighted by Crippen LogP contribution is -2.32. The molecule has 1 unspecified atom stereocenters. The van der Waals surface area contributed by atoms with E-state index in [-0.39, 0.29) is 11.3 Å². The summed E-state index contributed by atoms with van der Waals surface area (Å²) >= 11 is 0. The van der Waals surface area contributed by atoms with E-state index in [4.69, 9.17) is 9.84 Å². The Hall–Kier alpha value is -1.06. The molecule has 0 aromatic heterocycles. The molecule has 1 N–H and O–H groups in total. The highest BCUT2D eigenvalue weighted by Gasteiger charge is 2.40. The van der Waals surface area contributed by atoms with Crippen molar-refractivity contribution in [2.75, 3.05) is 6.61 Å². The first-order valence-electron chi connectivity index (χ1n) is 5.13. The van der Waals surface area contributed by atoms with Crippen LogP contribution in [-0.4, -0.2) is 29.1 Å². The highest BCUT2D eigenvalue weighted by molar-refractivity contribution is 5.86. The number of hydrogen-bond donors (Lipinski definition) is 1. The Bertz CT molecular complexity index is 305. The summed E-state index contributed by atoms with van der Waals surface area (Å²) in [4.78, 5) is 15.1. The first kappa shape index (κ1) is 12.0. The molecule has 0 aromatic carbocycles. The Labute approximate surface area is 90.3 Å². The summed E-state index contributed by atoms with van der Waals surface area (Å²) in [6.07, 6.45) is 0. The van der Waals surface area contributed by atoms with Gasteiger partial charge in [0.25, 0.3) is 0 Å². The molecule has 0 spiro atoms. The van der Waals surface area contributed by atoms with Gasteiger partial charge in [-0.2, -0.15) is 0 Å². The molecule has 0 aliphatic carbocycles. The van der Waals surface area contributed by atoms with Gasteiger partial charge in [0.15, 0.2) is 11.4 Å². The van der Waals surface area contributed by atoms with Crippen LogP contribution in [-0.2, 0) is 9.53 Å². The van der Waals surface area contributed by atoms with Crippen LogP contribution in [0.1, 0.15) is 34.6 Å². The van der Waals surface area contributed by atoms with Crippen molar-refractivity contribution < 1.29 is 14.6 Å². The first-order chi connectivity index (χ1) is 6.67. The minimum absolute atomic E-state index is 0.0351. The third-order valence-corrected chi connectivity index (χ3v) is 3.05. The van der Waals surface area contributed by atoms with Crippen molar-refractivity contribution in [3.05, 3.63) is 0 Å². The second-order valence-corrected chi connectivity index (χ2v) is 5.31. The minimum atomic E-state index is -1.11. The largest absolute Gasteiger partial charge is 0.480 e. The molecule has 1 heterocycles. The summed E-state index contributed by atoms with van der Waals surface area (Å²) in [7, 11) is 0. The normalized spacial score (nSPS) is 27.8. The van der Waals surface area contributed by atoms with Crippen molar-refractivity contribution in [1.82, 2.24) is 0 Å². The first-order valence-corrected chi connectivity index (χ1v) is 5.13. The number of carbonyl (C=O) groups is 1. The predicted octanol–water partition coefficient (Wildman–Crippen LogP) is 1.94. The highest BCUT2D eigenvalue weighted by Crippen LogP contribution is 2.35. The van der Waals surface area contributed by atoms with E-state index in [1.54, 1.807) is 13.8 Å². The summed E-state index contributed by atoms with van der Waals surface area (Å²) in [5, 5.41) is 8.96. The Morgan fingerprint density at radius 3 is 2.47 bits per heavy atom. The minimum Gasteiger partial charge on any atom is -0.480 e. The summed E-state index contributed by atoms with van der Waals surface area (Å²) in [6, 6.07) is 0. The number of aliphatic imine (C=N–C) groups is 1. The molecule has 1 aliphatic heterocycles. The summed E-state index contributed by atoms with van der Waals surface area (Å²) in [6.45, 7) is 9.95. The van der Waals surface area contributed by atoms with E-state index in [1.807, 2.05) is 6.92 Å². The van der Waals surface area contributed by atoms with Crippen molar-refractivity contribution in [3.8, 4) is 0 Å². The van der Waals surface area contributed by atoms with E-state index in [0.717, 1.165) is 0 Å². The summed E-state index contributed by atoms with van der Waals surface area (Å²) in [5.41, 5.74) is -1.07.